The molecular weight excluding hydrogens is 316 g/mol. The van der Waals surface area contributed by atoms with E-state index in [1.54, 1.807) is 12.1 Å². The molecule has 1 aromatic rings. The quantitative estimate of drug-likeness (QED) is 0.851. The molecule has 5 heteroatoms. The second-order valence-electron chi connectivity index (χ2n) is 7.29. The molecule has 0 aromatic heterocycles. The van der Waals surface area contributed by atoms with Gasteiger partial charge in [-0.2, -0.15) is 0 Å². The van der Waals surface area contributed by atoms with Crippen molar-refractivity contribution < 1.29 is 14.3 Å². The number of rotatable bonds is 4. The molecule has 1 aliphatic heterocycles. The summed E-state index contributed by atoms with van der Waals surface area (Å²) in [4.78, 5) is 26.6. The SMILES string of the molecule is COC(=O)c1ccc(C)c(NC(=O)CN2CCC[C@H]3CCCC[C@@H]32)c1. The first kappa shape index (κ1) is 17.9. The Hall–Kier alpha value is -1.88. The summed E-state index contributed by atoms with van der Waals surface area (Å²) in [6.07, 6.45) is 7.63. The fourth-order valence-corrected chi connectivity index (χ4v) is 4.30. The van der Waals surface area contributed by atoms with E-state index in [2.05, 4.69) is 10.2 Å². The Labute approximate surface area is 149 Å². The molecule has 25 heavy (non-hydrogen) atoms. The van der Waals surface area contributed by atoms with E-state index in [-0.39, 0.29) is 5.91 Å². The summed E-state index contributed by atoms with van der Waals surface area (Å²) in [6.45, 7) is 3.37. The summed E-state index contributed by atoms with van der Waals surface area (Å²) in [6, 6.07) is 5.81. The van der Waals surface area contributed by atoms with Crippen LogP contribution in [0.4, 0.5) is 5.69 Å². The number of carbonyl (C=O) groups excluding carboxylic acids is 2. The molecule has 0 radical (unpaired) electrons. The molecule has 3 rings (SSSR count). The zero-order chi connectivity index (χ0) is 17.8. The fourth-order valence-electron chi connectivity index (χ4n) is 4.30. The average Bonchev–Trinajstić information content (AvgIpc) is 2.63. The minimum absolute atomic E-state index is 0.00339. The molecule has 1 amide bonds. The van der Waals surface area contributed by atoms with Crippen molar-refractivity contribution >= 4 is 17.6 Å². The second-order valence-corrected chi connectivity index (χ2v) is 7.29. The molecule has 2 atom stereocenters. The van der Waals surface area contributed by atoms with Crippen LogP contribution < -0.4 is 5.32 Å². The van der Waals surface area contributed by atoms with Gasteiger partial charge in [-0.25, -0.2) is 4.79 Å². The molecule has 0 bridgehead atoms. The smallest absolute Gasteiger partial charge is 0.337 e. The third-order valence-electron chi connectivity index (χ3n) is 5.64. The Morgan fingerprint density at radius 1 is 1.20 bits per heavy atom. The molecule has 1 saturated heterocycles. The molecule has 2 fully saturated rings. The van der Waals surface area contributed by atoms with Crippen molar-refractivity contribution in [1.29, 1.82) is 0 Å². The van der Waals surface area contributed by atoms with Crippen molar-refractivity contribution in [2.24, 2.45) is 5.92 Å². The number of hydrogen-bond donors (Lipinski definition) is 1. The number of aryl methyl sites for hydroxylation is 1. The maximum absolute atomic E-state index is 12.6. The number of nitrogens with one attached hydrogen (secondary N) is 1. The van der Waals surface area contributed by atoms with Crippen LogP contribution in [0.3, 0.4) is 0 Å². The van der Waals surface area contributed by atoms with Crippen molar-refractivity contribution in [2.45, 2.75) is 51.5 Å². The fraction of sp³-hybridized carbons (Fsp3) is 0.600. The Morgan fingerprint density at radius 3 is 2.76 bits per heavy atom. The highest BCUT2D eigenvalue weighted by Gasteiger charge is 2.33. The van der Waals surface area contributed by atoms with Crippen LogP contribution in [0.5, 0.6) is 0 Å². The first-order valence-electron chi connectivity index (χ1n) is 9.31. The number of hydrogen-bond acceptors (Lipinski definition) is 4. The lowest BCUT2D eigenvalue weighted by molar-refractivity contribution is -0.118. The molecular formula is C20H28N2O3. The van der Waals surface area contributed by atoms with E-state index in [9.17, 15) is 9.59 Å². The van der Waals surface area contributed by atoms with Crippen LogP contribution in [0.25, 0.3) is 0 Å². The molecule has 1 saturated carbocycles. The van der Waals surface area contributed by atoms with Gasteiger partial charge in [0.1, 0.15) is 0 Å². The van der Waals surface area contributed by atoms with Crippen LogP contribution >= 0.6 is 0 Å². The predicted octanol–water partition coefficient (Wildman–Crippen LogP) is 3.37. The maximum Gasteiger partial charge on any atom is 0.337 e. The largest absolute Gasteiger partial charge is 0.465 e. The van der Waals surface area contributed by atoms with E-state index < -0.39 is 5.97 Å². The predicted molar refractivity (Wildman–Crippen MR) is 97.7 cm³/mol. The number of benzene rings is 1. The van der Waals surface area contributed by atoms with Crippen LogP contribution in [0.2, 0.25) is 0 Å². The molecule has 1 aliphatic carbocycles. The standard InChI is InChI=1S/C20H28N2O3/c1-14-9-10-16(20(24)25-2)12-17(14)21-19(23)13-22-11-5-7-15-6-3-4-8-18(15)22/h9-10,12,15,18H,3-8,11,13H2,1-2H3,(H,21,23)/t15-,18+/m1/s1. The minimum atomic E-state index is -0.392. The van der Waals surface area contributed by atoms with Gasteiger partial charge in [0.2, 0.25) is 5.91 Å². The number of anilines is 1. The lowest BCUT2D eigenvalue weighted by Crippen LogP contribution is -2.49. The van der Waals surface area contributed by atoms with Crippen molar-refractivity contribution in [2.75, 3.05) is 25.5 Å². The van der Waals surface area contributed by atoms with Crippen LogP contribution in [0.1, 0.15) is 54.4 Å². The van der Waals surface area contributed by atoms with E-state index in [4.69, 9.17) is 4.74 Å². The highest BCUT2D eigenvalue weighted by molar-refractivity contribution is 5.96. The second kappa shape index (κ2) is 8.00. The summed E-state index contributed by atoms with van der Waals surface area (Å²) >= 11 is 0. The third kappa shape index (κ3) is 4.21. The normalized spacial score (nSPS) is 23.6. The number of esters is 1. The number of methoxy groups -OCH3 is 1. The van der Waals surface area contributed by atoms with Gasteiger partial charge in [-0.15, -0.1) is 0 Å². The summed E-state index contributed by atoms with van der Waals surface area (Å²) in [7, 11) is 1.36. The van der Waals surface area contributed by atoms with E-state index in [0.717, 1.165) is 18.0 Å². The summed E-state index contributed by atoms with van der Waals surface area (Å²) < 4.78 is 4.76. The summed E-state index contributed by atoms with van der Waals surface area (Å²) in [5, 5.41) is 2.98. The number of piperidine rings is 1. The molecule has 2 aliphatic rings. The van der Waals surface area contributed by atoms with Gasteiger partial charge in [0.15, 0.2) is 0 Å². The Bertz CT molecular complexity index is 642. The third-order valence-corrected chi connectivity index (χ3v) is 5.64. The molecule has 136 valence electrons. The van der Waals surface area contributed by atoms with Crippen LogP contribution in [-0.4, -0.2) is 43.0 Å². The molecule has 0 unspecified atom stereocenters. The minimum Gasteiger partial charge on any atom is -0.465 e. The van der Waals surface area contributed by atoms with Gasteiger partial charge in [0.25, 0.3) is 0 Å². The lowest BCUT2D eigenvalue weighted by Gasteiger charge is -2.43. The Kier molecular flexibility index (Phi) is 5.74. The summed E-state index contributed by atoms with van der Waals surface area (Å²) in [5.74, 6) is 0.368. The summed E-state index contributed by atoms with van der Waals surface area (Å²) in [5.41, 5.74) is 2.08. The monoisotopic (exact) mass is 344 g/mol. The van der Waals surface area contributed by atoms with E-state index >= 15 is 0 Å². The van der Waals surface area contributed by atoms with Crippen LogP contribution in [0.15, 0.2) is 18.2 Å². The number of nitrogens with zero attached hydrogens (tertiary/aromatic N) is 1. The van der Waals surface area contributed by atoms with Gasteiger partial charge in [0.05, 0.1) is 19.2 Å². The van der Waals surface area contributed by atoms with E-state index in [0.29, 0.717) is 23.8 Å². The molecule has 1 aromatic carbocycles. The van der Waals surface area contributed by atoms with E-state index in [1.165, 1.54) is 45.6 Å². The molecule has 1 N–H and O–H groups in total. The van der Waals surface area contributed by atoms with Gasteiger partial charge in [-0.3, -0.25) is 9.69 Å². The first-order chi connectivity index (χ1) is 12.1. The zero-order valence-corrected chi connectivity index (χ0v) is 15.2. The van der Waals surface area contributed by atoms with Gasteiger partial charge in [0, 0.05) is 11.7 Å². The number of amides is 1. The number of fused-ring (bicyclic) bond motifs is 1. The van der Waals surface area contributed by atoms with Gasteiger partial charge >= 0.3 is 5.97 Å². The Morgan fingerprint density at radius 2 is 1.96 bits per heavy atom. The number of ether oxygens (including phenoxy) is 1. The van der Waals surface area contributed by atoms with Crippen LogP contribution in [0, 0.1) is 12.8 Å². The highest BCUT2D eigenvalue weighted by Crippen LogP contribution is 2.35. The maximum atomic E-state index is 12.6. The highest BCUT2D eigenvalue weighted by atomic mass is 16.5. The number of likely N-dealkylation sites (tertiary alicyclic amines) is 1. The Balaban J connectivity index is 1.65. The number of carbonyl (C=O) groups is 2. The molecule has 1 heterocycles. The first-order valence-corrected chi connectivity index (χ1v) is 9.31. The zero-order valence-electron chi connectivity index (χ0n) is 15.2. The average molecular weight is 344 g/mol. The van der Waals surface area contributed by atoms with E-state index in [1.807, 2.05) is 13.0 Å². The van der Waals surface area contributed by atoms with Gasteiger partial charge in [-0.1, -0.05) is 18.9 Å². The lowest BCUT2D eigenvalue weighted by atomic mass is 9.78. The van der Waals surface area contributed by atoms with Crippen molar-refractivity contribution in [3.63, 3.8) is 0 Å². The topological polar surface area (TPSA) is 58.6 Å². The van der Waals surface area contributed by atoms with Crippen LogP contribution in [-0.2, 0) is 9.53 Å². The van der Waals surface area contributed by atoms with Gasteiger partial charge < -0.3 is 10.1 Å². The molecule has 0 spiro atoms. The van der Waals surface area contributed by atoms with Gasteiger partial charge in [-0.05, 0) is 62.8 Å². The van der Waals surface area contributed by atoms with Crippen molar-refractivity contribution in [3.8, 4) is 0 Å². The molecule has 5 nitrogen and oxygen atoms in total. The van der Waals surface area contributed by atoms with Crippen molar-refractivity contribution in [3.05, 3.63) is 29.3 Å². The van der Waals surface area contributed by atoms with Crippen molar-refractivity contribution in [1.82, 2.24) is 4.90 Å².